The number of fused-ring (bicyclic) bond motifs is 2. The van der Waals surface area contributed by atoms with Crippen LogP contribution in [0.3, 0.4) is 0 Å². The van der Waals surface area contributed by atoms with Crippen LogP contribution >= 0.6 is 0 Å². The maximum absolute atomic E-state index is 11.3. The average Bonchev–Trinajstić information content (AvgIpc) is 3.26. The van der Waals surface area contributed by atoms with E-state index in [1.54, 1.807) is 18.3 Å². The van der Waals surface area contributed by atoms with Crippen molar-refractivity contribution >= 4 is 45.1 Å². The maximum atomic E-state index is 11.3. The Balaban J connectivity index is 1.43. The zero-order valence-electron chi connectivity index (χ0n) is 15.7. The van der Waals surface area contributed by atoms with E-state index in [-0.39, 0.29) is 0 Å². The highest BCUT2D eigenvalue weighted by Gasteiger charge is 2.08. The molecule has 2 aromatic carbocycles. The number of hydrogen-bond acceptors (Lipinski definition) is 7. The Labute approximate surface area is 164 Å². The first-order chi connectivity index (χ1) is 14.0. The van der Waals surface area contributed by atoms with Crippen molar-refractivity contribution in [1.82, 2.24) is 24.7 Å². The number of nitrogens with one attached hydrogen (secondary N) is 3. The lowest BCUT2D eigenvalue weighted by molar-refractivity contribution is 0.555. The minimum atomic E-state index is -0.479. The van der Waals surface area contributed by atoms with Crippen molar-refractivity contribution in [2.24, 2.45) is 7.05 Å². The van der Waals surface area contributed by atoms with E-state index in [4.69, 9.17) is 4.42 Å². The molecule has 0 spiro atoms. The lowest BCUT2D eigenvalue weighted by Crippen LogP contribution is -2.03. The highest BCUT2D eigenvalue weighted by molar-refractivity contribution is 5.83. The largest absolute Gasteiger partial charge is 0.417 e. The molecule has 29 heavy (non-hydrogen) atoms. The SMILES string of the molecule is Cc1cnc(Nc2ccc3cnn(C)c3c2)nc1Nc1ccc2oc(=O)[nH]c2c1. The van der Waals surface area contributed by atoms with Crippen molar-refractivity contribution in [2.45, 2.75) is 6.92 Å². The van der Waals surface area contributed by atoms with Gasteiger partial charge in [-0.2, -0.15) is 10.1 Å². The molecule has 0 aliphatic rings. The second-order valence-corrected chi connectivity index (χ2v) is 6.74. The third-order valence-corrected chi connectivity index (χ3v) is 4.66. The van der Waals surface area contributed by atoms with Gasteiger partial charge in [0.1, 0.15) is 5.82 Å². The zero-order chi connectivity index (χ0) is 20.0. The van der Waals surface area contributed by atoms with Gasteiger partial charge >= 0.3 is 5.76 Å². The number of aromatic amines is 1. The van der Waals surface area contributed by atoms with E-state index in [0.29, 0.717) is 22.9 Å². The van der Waals surface area contributed by atoms with Crippen molar-refractivity contribution in [1.29, 1.82) is 0 Å². The number of anilines is 4. The molecule has 3 aromatic heterocycles. The molecule has 0 amide bonds. The molecule has 144 valence electrons. The van der Waals surface area contributed by atoms with E-state index in [1.165, 1.54) is 0 Å². The summed E-state index contributed by atoms with van der Waals surface area (Å²) in [4.78, 5) is 22.9. The summed E-state index contributed by atoms with van der Waals surface area (Å²) in [6.07, 6.45) is 3.58. The third kappa shape index (κ3) is 3.18. The summed E-state index contributed by atoms with van der Waals surface area (Å²) in [6, 6.07) is 11.3. The molecule has 0 saturated heterocycles. The molecule has 0 radical (unpaired) electrons. The van der Waals surface area contributed by atoms with Gasteiger partial charge in [-0.05, 0) is 43.3 Å². The van der Waals surface area contributed by atoms with Crippen molar-refractivity contribution in [3.05, 3.63) is 64.9 Å². The first kappa shape index (κ1) is 17.0. The van der Waals surface area contributed by atoms with Gasteiger partial charge < -0.3 is 15.1 Å². The molecule has 0 aliphatic heterocycles. The van der Waals surface area contributed by atoms with Crippen LogP contribution in [-0.4, -0.2) is 24.7 Å². The Morgan fingerprint density at radius 2 is 1.90 bits per heavy atom. The second kappa shape index (κ2) is 6.48. The predicted octanol–water partition coefficient (Wildman–Crippen LogP) is 3.59. The first-order valence-corrected chi connectivity index (χ1v) is 8.97. The fourth-order valence-corrected chi connectivity index (χ4v) is 3.15. The van der Waals surface area contributed by atoms with E-state index in [9.17, 15) is 4.79 Å². The van der Waals surface area contributed by atoms with E-state index in [1.807, 2.05) is 49.1 Å². The lowest BCUT2D eigenvalue weighted by atomic mass is 10.2. The van der Waals surface area contributed by atoms with Gasteiger partial charge in [0.25, 0.3) is 0 Å². The summed E-state index contributed by atoms with van der Waals surface area (Å²) in [6.45, 7) is 1.92. The number of rotatable bonds is 4. The Hall–Kier alpha value is -4.14. The van der Waals surface area contributed by atoms with Crippen LogP contribution in [0.2, 0.25) is 0 Å². The number of benzene rings is 2. The van der Waals surface area contributed by atoms with Crippen LogP contribution in [0.5, 0.6) is 0 Å². The summed E-state index contributed by atoms with van der Waals surface area (Å²) in [7, 11) is 1.90. The second-order valence-electron chi connectivity index (χ2n) is 6.74. The summed E-state index contributed by atoms with van der Waals surface area (Å²) in [5, 5.41) is 11.8. The van der Waals surface area contributed by atoms with Crippen molar-refractivity contribution in [3.63, 3.8) is 0 Å². The highest BCUT2D eigenvalue weighted by Crippen LogP contribution is 2.24. The van der Waals surface area contributed by atoms with Crippen molar-refractivity contribution in [3.8, 4) is 0 Å². The van der Waals surface area contributed by atoms with Crippen LogP contribution in [0, 0.1) is 6.92 Å². The van der Waals surface area contributed by atoms with Crippen molar-refractivity contribution < 1.29 is 4.42 Å². The maximum Gasteiger partial charge on any atom is 0.417 e. The summed E-state index contributed by atoms with van der Waals surface area (Å²) >= 11 is 0. The van der Waals surface area contributed by atoms with E-state index >= 15 is 0 Å². The molecular formula is C20H17N7O2. The van der Waals surface area contributed by atoms with Gasteiger partial charge in [-0.25, -0.2) is 9.78 Å². The smallest absolute Gasteiger partial charge is 0.408 e. The van der Waals surface area contributed by atoms with Gasteiger partial charge in [0.15, 0.2) is 5.58 Å². The van der Waals surface area contributed by atoms with Gasteiger partial charge in [0.05, 0.1) is 17.2 Å². The molecule has 0 bridgehead atoms. The van der Waals surface area contributed by atoms with Crippen LogP contribution in [0.25, 0.3) is 22.0 Å². The minimum absolute atomic E-state index is 0.470. The average molecular weight is 387 g/mol. The first-order valence-electron chi connectivity index (χ1n) is 8.97. The highest BCUT2D eigenvalue weighted by atomic mass is 16.4. The molecule has 3 heterocycles. The lowest BCUT2D eigenvalue weighted by Gasteiger charge is -2.11. The van der Waals surface area contributed by atoms with Crippen LogP contribution in [0.4, 0.5) is 23.1 Å². The van der Waals surface area contributed by atoms with Crippen LogP contribution in [-0.2, 0) is 7.05 Å². The standard InChI is InChI=1S/C20H17N7O2/c1-11-9-21-19(24-14-4-3-12-10-22-27(2)16(12)8-14)26-18(11)23-13-5-6-17-15(7-13)25-20(28)29-17/h3-10H,1-2H3,(H,25,28)(H2,21,23,24,26). The monoisotopic (exact) mass is 387 g/mol. The number of hydrogen-bond donors (Lipinski definition) is 3. The Morgan fingerprint density at radius 3 is 2.79 bits per heavy atom. The third-order valence-electron chi connectivity index (χ3n) is 4.66. The molecule has 9 heteroatoms. The normalized spacial score (nSPS) is 11.2. The Kier molecular flexibility index (Phi) is 3.80. The summed E-state index contributed by atoms with van der Waals surface area (Å²) in [5.41, 5.74) is 4.68. The van der Waals surface area contributed by atoms with Gasteiger partial charge in [-0.3, -0.25) is 9.67 Å². The molecule has 9 nitrogen and oxygen atoms in total. The number of H-pyrrole nitrogens is 1. The number of oxazole rings is 1. The van der Waals surface area contributed by atoms with Crippen LogP contribution < -0.4 is 16.4 Å². The minimum Gasteiger partial charge on any atom is -0.408 e. The van der Waals surface area contributed by atoms with Crippen molar-refractivity contribution in [2.75, 3.05) is 10.6 Å². The quantitative estimate of drug-likeness (QED) is 0.432. The summed E-state index contributed by atoms with van der Waals surface area (Å²) < 4.78 is 6.85. The van der Waals surface area contributed by atoms with Crippen LogP contribution in [0.15, 0.2) is 58.0 Å². The zero-order valence-corrected chi connectivity index (χ0v) is 15.7. The molecule has 0 fully saturated rings. The number of aromatic nitrogens is 5. The molecule has 0 saturated carbocycles. The molecule has 5 aromatic rings. The van der Waals surface area contributed by atoms with E-state index in [2.05, 4.69) is 30.7 Å². The van der Waals surface area contributed by atoms with Gasteiger partial charge in [-0.15, -0.1) is 0 Å². The van der Waals surface area contributed by atoms with Gasteiger partial charge in [-0.1, -0.05) is 0 Å². The summed E-state index contributed by atoms with van der Waals surface area (Å²) in [5.74, 6) is 0.652. The number of aryl methyl sites for hydroxylation is 2. The molecular weight excluding hydrogens is 370 g/mol. The van der Waals surface area contributed by atoms with E-state index in [0.717, 1.165) is 27.8 Å². The Bertz CT molecular complexity index is 1410. The van der Waals surface area contributed by atoms with Gasteiger partial charge in [0, 0.05) is 35.6 Å². The molecule has 3 N–H and O–H groups in total. The topological polar surface area (TPSA) is 114 Å². The molecule has 0 aliphatic carbocycles. The number of nitrogens with zero attached hydrogens (tertiary/aromatic N) is 4. The van der Waals surface area contributed by atoms with Crippen LogP contribution in [0.1, 0.15) is 5.56 Å². The molecule has 0 atom stereocenters. The Morgan fingerprint density at radius 1 is 1.07 bits per heavy atom. The van der Waals surface area contributed by atoms with E-state index < -0.39 is 5.76 Å². The van der Waals surface area contributed by atoms with Gasteiger partial charge in [0.2, 0.25) is 5.95 Å². The molecule has 0 unspecified atom stereocenters. The predicted molar refractivity (Wildman–Crippen MR) is 111 cm³/mol. The fourth-order valence-electron chi connectivity index (χ4n) is 3.15. The fraction of sp³-hybridized carbons (Fsp3) is 0.100. The molecule has 5 rings (SSSR count).